The average molecular weight is 205 g/mol. The quantitative estimate of drug-likeness (QED) is 0.688. The molecule has 0 radical (unpaired) electrons. The van der Waals surface area contributed by atoms with Crippen molar-refractivity contribution in [3.8, 4) is 5.75 Å². The monoisotopic (exact) mass is 204 g/mol. The van der Waals surface area contributed by atoms with Gasteiger partial charge in [0.05, 0.1) is 5.38 Å². The molecule has 0 N–H and O–H groups in total. The number of hydrogen-bond donors (Lipinski definition) is 0. The molecule has 0 aliphatic rings. The van der Waals surface area contributed by atoms with Crippen LogP contribution in [0.3, 0.4) is 0 Å². The Morgan fingerprint density at radius 3 is 2.25 bits per heavy atom. The smallest absolute Gasteiger partial charge is 0.188 e. The predicted octanol–water partition coefficient (Wildman–Crippen LogP) is 3.26. The molecule has 2 atom stereocenters. The summed E-state index contributed by atoms with van der Waals surface area (Å²) in [6.07, 6.45) is 0. The molecule has 0 amide bonds. The van der Waals surface area contributed by atoms with Crippen molar-refractivity contribution >= 4 is 23.2 Å². The Labute approximate surface area is 82.2 Å². The zero-order valence-corrected chi connectivity index (χ0v) is 8.22. The van der Waals surface area contributed by atoms with E-state index in [9.17, 15) is 0 Å². The third kappa shape index (κ3) is 2.92. The number of para-hydroxylation sites is 1. The third-order valence-corrected chi connectivity index (χ3v) is 2.18. The van der Waals surface area contributed by atoms with Crippen LogP contribution in [-0.2, 0) is 0 Å². The second kappa shape index (κ2) is 4.58. The number of alkyl halides is 2. The first kappa shape index (κ1) is 9.69. The molecule has 66 valence electrons. The molecule has 1 aromatic carbocycles. The van der Waals surface area contributed by atoms with Gasteiger partial charge in [0.15, 0.2) is 5.56 Å². The minimum atomic E-state index is -0.478. The van der Waals surface area contributed by atoms with E-state index in [4.69, 9.17) is 27.9 Å². The number of halogens is 2. The van der Waals surface area contributed by atoms with E-state index in [0.29, 0.717) is 0 Å². The molecule has 12 heavy (non-hydrogen) atoms. The van der Waals surface area contributed by atoms with Crippen LogP contribution >= 0.6 is 23.2 Å². The van der Waals surface area contributed by atoms with Gasteiger partial charge in [0.2, 0.25) is 0 Å². The molecule has 0 aromatic heterocycles. The van der Waals surface area contributed by atoms with Crippen LogP contribution in [0.15, 0.2) is 30.3 Å². The van der Waals surface area contributed by atoms with Crippen molar-refractivity contribution in [2.75, 3.05) is 0 Å². The fraction of sp³-hybridized carbons (Fsp3) is 0.333. The standard InChI is InChI=1S/C9H10Cl2O/c1-7(10)9(11)12-8-5-3-2-4-6-8/h2-7,9H,1H3. The van der Waals surface area contributed by atoms with Gasteiger partial charge in [-0.15, -0.1) is 11.6 Å². The average Bonchev–Trinajstić information content (AvgIpc) is 2.06. The Bertz CT molecular complexity index is 223. The van der Waals surface area contributed by atoms with Gasteiger partial charge in [0.25, 0.3) is 0 Å². The summed E-state index contributed by atoms with van der Waals surface area (Å²) in [6, 6.07) is 9.37. The van der Waals surface area contributed by atoms with E-state index in [-0.39, 0.29) is 5.38 Å². The van der Waals surface area contributed by atoms with Gasteiger partial charge in [-0.1, -0.05) is 29.8 Å². The summed E-state index contributed by atoms with van der Waals surface area (Å²) in [6.45, 7) is 1.79. The first-order chi connectivity index (χ1) is 5.70. The number of benzene rings is 1. The van der Waals surface area contributed by atoms with E-state index in [1.54, 1.807) is 6.92 Å². The van der Waals surface area contributed by atoms with Gasteiger partial charge in [-0.2, -0.15) is 0 Å². The summed E-state index contributed by atoms with van der Waals surface area (Å²) in [5, 5.41) is -0.202. The van der Waals surface area contributed by atoms with Crippen LogP contribution in [0, 0.1) is 0 Å². The predicted molar refractivity (Wildman–Crippen MR) is 52.0 cm³/mol. The number of ether oxygens (including phenoxy) is 1. The van der Waals surface area contributed by atoms with Crippen LogP contribution in [-0.4, -0.2) is 10.9 Å². The Balaban J connectivity index is 2.53. The van der Waals surface area contributed by atoms with Crippen molar-refractivity contribution < 1.29 is 4.74 Å². The van der Waals surface area contributed by atoms with Gasteiger partial charge < -0.3 is 4.74 Å². The lowest BCUT2D eigenvalue weighted by molar-refractivity contribution is 0.280. The number of hydrogen-bond acceptors (Lipinski definition) is 1. The first-order valence-electron chi connectivity index (χ1n) is 3.70. The van der Waals surface area contributed by atoms with Crippen molar-refractivity contribution in [2.45, 2.75) is 17.9 Å². The van der Waals surface area contributed by atoms with Crippen LogP contribution in [0.2, 0.25) is 0 Å². The van der Waals surface area contributed by atoms with Gasteiger partial charge in [0, 0.05) is 0 Å². The molecule has 1 rings (SSSR count). The van der Waals surface area contributed by atoms with Crippen LogP contribution < -0.4 is 4.74 Å². The van der Waals surface area contributed by atoms with E-state index < -0.39 is 5.56 Å². The maximum absolute atomic E-state index is 5.80. The zero-order chi connectivity index (χ0) is 8.97. The largest absolute Gasteiger partial charge is 0.473 e. The van der Waals surface area contributed by atoms with Gasteiger partial charge >= 0.3 is 0 Å². The van der Waals surface area contributed by atoms with Gasteiger partial charge in [-0.25, -0.2) is 0 Å². The number of rotatable bonds is 3. The molecule has 3 heteroatoms. The van der Waals surface area contributed by atoms with Crippen LogP contribution in [0.25, 0.3) is 0 Å². The van der Waals surface area contributed by atoms with E-state index in [2.05, 4.69) is 0 Å². The third-order valence-electron chi connectivity index (χ3n) is 1.35. The molecule has 0 aliphatic carbocycles. The zero-order valence-electron chi connectivity index (χ0n) is 6.71. The maximum atomic E-state index is 5.80. The highest BCUT2D eigenvalue weighted by atomic mass is 35.5. The highest BCUT2D eigenvalue weighted by Gasteiger charge is 2.12. The van der Waals surface area contributed by atoms with E-state index in [0.717, 1.165) is 5.75 Å². The van der Waals surface area contributed by atoms with Crippen LogP contribution in [0.1, 0.15) is 6.92 Å². The van der Waals surface area contributed by atoms with Gasteiger partial charge in [-0.3, -0.25) is 0 Å². The molecule has 2 unspecified atom stereocenters. The molecular weight excluding hydrogens is 195 g/mol. The Hall–Kier alpha value is -0.400. The maximum Gasteiger partial charge on any atom is 0.188 e. The molecule has 0 heterocycles. The molecule has 1 aromatic rings. The molecule has 0 fully saturated rings. The second-order valence-electron chi connectivity index (χ2n) is 2.46. The highest BCUT2D eigenvalue weighted by Crippen LogP contribution is 2.16. The molecule has 0 aliphatic heterocycles. The topological polar surface area (TPSA) is 9.23 Å². The van der Waals surface area contributed by atoms with E-state index in [1.807, 2.05) is 30.3 Å². The lowest BCUT2D eigenvalue weighted by atomic mass is 10.3. The molecule has 1 nitrogen and oxygen atoms in total. The molecule has 0 saturated carbocycles. The first-order valence-corrected chi connectivity index (χ1v) is 4.57. The van der Waals surface area contributed by atoms with Crippen molar-refractivity contribution in [3.63, 3.8) is 0 Å². The van der Waals surface area contributed by atoms with Crippen LogP contribution in [0.4, 0.5) is 0 Å². The summed E-state index contributed by atoms with van der Waals surface area (Å²) < 4.78 is 5.31. The fourth-order valence-electron chi connectivity index (χ4n) is 0.723. The minimum absolute atomic E-state index is 0.202. The van der Waals surface area contributed by atoms with Gasteiger partial charge in [-0.05, 0) is 19.1 Å². The fourth-order valence-corrected chi connectivity index (χ4v) is 0.877. The minimum Gasteiger partial charge on any atom is -0.473 e. The van der Waals surface area contributed by atoms with Gasteiger partial charge in [0.1, 0.15) is 5.75 Å². The summed E-state index contributed by atoms with van der Waals surface area (Å²) >= 11 is 11.5. The molecule has 0 saturated heterocycles. The molecule has 0 spiro atoms. The summed E-state index contributed by atoms with van der Waals surface area (Å²) in [5.74, 6) is 0.741. The van der Waals surface area contributed by atoms with Crippen molar-refractivity contribution in [1.82, 2.24) is 0 Å². The Morgan fingerprint density at radius 2 is 1.75 bits per heavy atom. The van der Waals surface area contributed by atoms with Crippen molar-refractivity contribution in [3.05, 3.63) is 30.3 Å². The normalized spacial score (nSPS) is 15.2. The SMILES string of the molecule is CC(Cl)C(Cl)Oc1ccccc1. The Kier molecular flexibility index (Phi) is 3.70. The van der Waals surface area contributed by atoms with E-state index in [1.165, 1.54) is 0 Å². The summed E-state index contributed by atoms with van der Waals surface area (Å²) in [5.41, 5.74) is -0.478. The summed E-state index contributed by atoms with van der Waals surface area (Å²) in [4.78, 5) is 0. The highest BCUT2D eigenvalue weighted by molar-refractivity contribution is 6.29. The second-order valence-corrected chi connectivity index (χ2v) is 3.58. The molecular formula is C9H10Cl2O. The van der Waals surface area contributed by atoms with E-state index >= 15 is 0 Å². The molecule has 0 bridgehead atoms. The van der Waals surface area contributed by atoms with Crippen LogP contribution in [0.5, 0.6) is 5.75 Å². The van der Waals surface area contributed by atoms with Crippen molar-refractivity contribution in [1.29, 1.82) is 0 Å². The van der Waals surface area contributed by atoms with Crippen molar-refractivity contribution in [2.24, 2.45) is 0 Å². The summed E-state index contributed by atoms with van der Waals surface area (Å²) in [7, 11) is 0. The lowest BCUT2D eigenvalue weighted by Gasteiger charge is -2.13. The lowest BCUT2D eigenvalue weighted by Crippen LogP contribution is -2.18. The Morgan fingerprint density at radius 1 is 1.17 bits per heavy atom.